The highest BCUT2D eigenvalue weighted by atomic mass is 16.8. The van der Waals surface area contributed by atoms with E-state index in [2.05, 4.69) is 35.8 Å². The van der Waals surface area contributed by atoms with Crippen LogP contribution in [0.1, 0.15) is 0 Å². The Kier molecular flexibility index (Phi) is 5.24. The van der Waals surface area contributed by atoms with Crippen LogP contribution >= 0.6 is 0 Å². The predicted octanol–water partition coefficient (Wildman–Crippen LogP) is 0.352. The molecule has 1 saturated heterocycles. The van der Waals surface area contributed by atoms with Crippen LogP contribution in [0, 0.1) is 0 Å². The van der Waals surface area contributed by atoms with E-state index in [9.17, 15) is 19.2 Å². The molecule has 0 saturated carbocycles. The monoisotopic (exact) mass is 322 g/mol. The quantitative estimate of drug-likeness (QED) is 0.217. The lowest BCUT2D eigenvalue weighted by Crippen LogP contribution is -2.71. The number of cyclic esters (lactones) is 1. The molecule has 0 N–H and O–H groups in total. The average molecular weight is 322 g/mol. The summed E-state index contributed by atoms with van der Waals surface area (Å²) >= 11 is 0. The van der Waals surface area contributed by atoms with E-state index in [-0.39, 0.29) is 11.1 Å². The molecule has 23 heavy (non-hydrogen) atoms. The lowest BCUT2D eigenvalue weighted by atomic mass is 9.98. The number of ether oxygens (including phenoxy) is 4. The Labute approximate surface area is 131 Å². The molecule has 0 amide bonds. The van der Waals surface area contributed by atoms with Gasteiger partial charge in [0.25, 0.3) is 0 Å². The van der Waals surface area contributed by atoms with Crippen LogP contribution in [0.2, 0.25) is 0 Å². The molecule has 2 unspecified atom stereocenters. The Bertz CT molecular complexity index is 629. The number of hydrogen-bond donors (Lipinski definition) is 0. The van der Waals surface area contributed by atoms with Crippen LogP contribution in [-0.2, 0) is 38.1 Å². The van der Waals surface area contributed by atoms with E-state index >= 15 is 0 Å². The van der Waals surface area contributed by atoms with Gasteiger partial charge in [-0.05, 0) is 0 Å². The maximum Gasteiger partial charge on any atom is 0.377 e. The van der Waals surface area contributed by atoms with E-state index in [1.807, 2.05) is 0 Å². The third-order valence-corrected chi connectivity index (χ3v) is 2.82. The first-order valence-electron chi connectivity index (χ1n) is 6.11. The number of carbonyl (C=O) groups excluding carboxylic acids is 4. The molecule has 0 aliphatic carbocycles. The van der Waals surface area contributed by atoms with Crippen LogP contribution in [0.15, 0.2) is 49.6 Å². The van der Waals surface area contributed by atoms with Crippen molar-refractivity contribution in [3.63, 3.8) is 0 Å². The Morgan fingerprint density at radius 3 is 2.09 bits per heavy atom. The highest BCUT2D eigenvalue weighted by Gasteiger charge is 2.71. The molecule has 0 aromatic rings. The summed E-state index contributed by atoms with van der Waals surface area (Å²) in [6, 6.07) is 0. The maximum atomic E-state index is 11.9. The van der Waals surface area contributed by atoms with Crippen LogP contribution in [0.3, 0.4) is 0 Å². The fourth-order valence-electron chi connectivity index (χ4n) is 1.43. The topological polar surface area (TPSA) is 105 Å². The summed E-state index contributed by atoms with van der Waals surface area (Å²) in [6.07, 6.45) is 0.319. The zero-order chi connectivity index (χ0) is 17.8. The standard InChI is InChI=1S/C15H14O8/c1-6-8(3)10(16)21-14-15(12(18)20-5,13(19)22-14)23-11(17)9(4)7-2/h6-7,14H,1-4H2,5H3. The summed E-state index contributed by atoms with van der Waals surface area (Å²) in [7, 11) is 0.952. The molecule has 0 bridgehead atoms. The van der Waals surface area contributed by atoms with Gasteiger partial charge in [-0.25, -0.2) is 19.2 Å². The summed E-state index contributed by atoms with van der Waals surface area (Å²) in [5.74, 6) is -4.69. The molecule has 0 spiro atoms. The Balaban J connectivity index is 3.11. The van der Waals surface area contributed by atoms with Crippen LogP contribution in [0.4, 0.5) is 0 Å². The molecule has 8 heteroatoms. The SMILES string of the molecule is C=CC(=C)C(=O)OC1OC(=O)C1(OC(=O)C(=C)C=C)C(=O)OC. The minimum absolute atomic E-state index is 0.159. The largest absolute Gasteiger partial charge is 0.465 e. The van der Waals surface area contributed by atoms with E-state index < -0.39 is 35.8 Å². The second kappa shape index (κ2) is 6.73. The van der Waals surface area contributed by atoms with Gasteiger partial charge in [-0.2, -0.15) is 0 Å². The molecule has 1 aliphatic heterocycles. The van der Waals surface area contributed by atoms with Gasteiger partial charge in [-0.15, -0.1) is 0 Å². The molecule has 0 radical (unpaired) electrons. The summed E-state index contributed by atoms with van der Waals surface area (Å²) in [5, 5.41) is 0. The van der Waals surface area contributed by atoms with Crippen LogP contribution in [-0.4, -0.2) is 42.9 Å². The predicted molar refractivity (Wildman–Crippen MR) is 75.5 cm³/mol. The van der Waals surface area contributed by atoms with Gasteiger partial charge in [-0.3, -0.25) is 0 Å². The normalized spacial score (nSPS) is 21.8. The van der Waals surface area contributed by atoms with Gasteiger partial charge in [0.2, 0.25) is 0 Å². The fourth-order valence-corrected chi connectivity index (χ4v) is 1.43. The van der Waals surface area contributed by atoms with Crippen molar-refractivity contribution in [1.29, 1.82) is 0 Å². The van der Waals surface area contributed by atoms with Gasteiger partial charge in [0.05, 0.1) is 18.3 Å². The highest BCUT2D eigenvalue weighted by molar-refractivity contribution is 6.11. The fraction of sp³-hybridized carbons (Fsp3) is 0.200. The zero-order valence-corrected chi connectivity index (χ0v) is 12.3. The van der Waals surface area contributed by atoms with Gasteiger partial charge >= 0.3 is 35.8 Å². The van der Waals surface area contributed by atoms with Crippen LogP contribution in [0.5, 0.6) is 0 Å². The van der Waals surface area contributed by atoms with Gasteiger partial charge in [0.1, 0.15) is 0 Å². The molecule has 0 aromatic carbocycles. The Morgan fingerprint density at radius 1 is 1.13 bits per heavy atom. The molecule has 1 rings (SSSR count). The molecule has 2 atom stereocenters. The van der Waals surface area contributed by atoms with Crippen molar-refractivity contribution >= 4 is 23.9 Å². The van der Waals surface area contributed by atoms with Crippen molar-refractivity contribution in [1.82, 2.24) is 0 Å². The van der Waals surface area contributed by atoms with Crippen molar-refractivity contribution in [3.05, 3.63) is 49.6 Å². The van der Waals surface area contributed by atoms with Crippen molar-refractivity contribution in [2.24, 2.45) is 0 Å². The maximum absolute atomic E-state index is 11.9. The zero-order valence-electron chi connectivity index (χ0n) is 12.3. The average Bonchev–Trinajstić information content (AvgIpc) is 2.56. The molecular weight excluding hydrogens is 308 g/mol. The summed E-state index contributed by atoms with van der Waals surface area (Å²) in [6.45, 7) is 13.3. The molecule has 1 fully saturated rings. The van der Waals surface area contributed by atoms with Crippen molar-refractivity contribution in [2.75, 3.05) is 7.11 Å². The number of esters is 4. The molecule has 8 nitrogen and oxygen atoms in total. The minimum Gasteiger partial charge on any atom is -0.465 e. The van der Waals surface area contributed by atoms with Gasteiger partial charge < -0.3 is 18.9 Å². The van der Waals surface area contributed by atoms with Crippen molar-refractivity contribution in [2.45, 2.75) is 11.9 Å². The lowest BCUT2D eigenvalue weighted by molar-refractivity contribution is -0.288. The molecule has 1 heterocycles. The van der Waals surface area contributed by atoms with Gasteiger partial charge in [-0.1, -0.05) is 38.5 Å². The number of methoxy groups -OCH3 is 1. The summed E-state index contributed by atoms with van der Waals surface area (Å²) in [4.78, 5) is 47.1. The van der Waals surface area contributed by atoms with E-state index in [0.29, 0.717) is 0 Å². The molecular formula is C15H14O8. The first-order valence-corrected chi connectivity index (χ1v) is 6.11. The molecule has 122 valence electrons. The highest BCUT2D eigenvalue weighted by Crippen LogP contribution is 2.35. The van der Waals surface area contributed by atoms with E-state index in [1.165, 1.54) is 0 Å². The minimum atomic E-state index is -2.57. The Morgan fingerprint density at radius 2 is 1.65 bits per heavy atom. The van der Waals surface area contributed by atoms with Crippen molar-refractivity contribution in [3.8, 4) is 0 Å². The van der Waals surface area contributed by atoms with Crippen molar-refractivity contribution < 1.29 is 38.1 Å². The number of hydrogen-bond acceptors (Lipinski definition) is 8. The number of carbonyl (C=O) groups is 4. The van der Waals surface area contributed by atoms with E-state index in [0.717, 1.165) is 19.3 Å². The van der Waals surface area contributed by atoms with E-state index in [4.69, 9.17) is 9.47 Å². The molecule has 1 aliphatic rings. The first kappa shape index (κ1) is 17.9. The smallest absolute Gasteiger partial charge is 0.377 e. The van der Waals surface area contributed by atoms with Crippen LogP contribution in [0.25, 0.3) is 0 Å². The summed E-state index contributed by atoms with van der Waals surface area (Å²) in [5.41, 5.74) is -2.96. The molecule has 0 aromatic heterocycles. The second-order valence-electron chi connectivity index (χ2n) is 4.22. The van der Waals surface area contributed by atoms with Gasteiger partial charge in [0.15, 0.2) is 0 Å². The second-order valence-corrected chi connectivity index (χ2v) is 4.22. The Hall–Kier alpha value is -3.16. The summed E-state index contributed by atoms with van der Waals surface area (Å²) < 4.78 is 18.6. The lowest BCUT2D eigenvalue weighted by Gasteiger charge is -2.41. The first-order chi connectivity index (χ1) is 10.7. The number of rotatable bonds is 7. The third-order valence-electron chi connectivity index (χ3n) is 2.82. The van der Waals surface area contributed by atoms with Crippen LogP contribution < -0.4 is 0 Å². The van der Waals surface area contributed by atoms with E-state index in [1.54, 1.807) is 0 Å². The third kappa shape index (κ3) is 3.05. The van der Waals surface area contributed by atoms with Gasteiger partial charge in [0, 0.05) is 0 Å².